The van der Waals surface area contributed by atoms with E-state index in [1.165, 1.54) is 12.1 Å². The summed E-state index contributed by atoms with van der Waals surface area (Å²) in [4.78, 5) is 28.0. The number of nitrogens with one attached hydrogen (secondary N) is 2. The quantitative estimate of drug-likeness (QED) is 0.315. The summed E-state index contributed by atoms with van der Waals surface area (Å²) in [6, 6.07) is 12.3. The normalized spacial score (nSPS) is 14.3. The molecule has 1 aliphatic carbocycles. The Balaban J connectivity index is 0.000000592. The third-order valence-electron chi connectivity index (χ3n) is 6.80. The molecule has 0 radical (unpaired) electrons. The molecule has 0 saturated carbocycles. The summed E-state index contributed by atoms with van der Waals surface area (Å²) in [7, 11) is 0. The lowest BCUT2D eigenvalue weighted by Crippen LogP contribution is -2.36. The standard InChI is InChI=1S/C24H22F3N3O3.C8H19N/c1-2-33-20-8-4-7-19(31)21(20)22(16-11-9-15(14-28)10-12-16)30-23(32)29-18-6-3-5-17(13-18)24(25,26)27;1-6-9(7(2)3)8(4)5/h3,5-6,9-13,22H,2,4,7-8H2,1H3,(H2,29,30,32);7-8H,6H2,1-5H3. The number of hydrogen-bond acceptors (Lipinski definition) is 5. The third kappa shape index (κ3) is 9.91. The van der Waals surface area contributed by atoms with Crippen molar-refractivity contribution in [3.8, 4) is 6.07 Å². The van der Waals surface area contributed by atoms with E-state index in [1.54, 1.807) is 31.2 Å². The smallest absolute Gasteiger partial charge is 0.416 e. The molecular weight excluding hydrogens is 545 g/mol. The van der Waals surface area contributed by atoms with Gasteiger partial charge in [-0.1, -0.05) is 25.1 Å². The maximum Gasteiger partial charge on any atom is 0.416 e. The van der Waals surface area contributed by atoms with Gasteiger partial charge < -0.3 is 15.4 Å². The molecule has 1 unspecified atom stereocenters. The van der Waals surface area contributed by atoms with E-state index in [9.17, 15) is 22.8 Å². The Labute approximate surface area is 246 Å². The number of anilines is 1. The average molecular weight is 587 g/mol. The summed E-state index contributed by atoms with van der Waals surface area (Å²) in [5.74, 6) is 0.293. The second kappa shape index (κ2) is 16.0. The van der Waals surface area contributed by atoms with Crippen molar-refractivity contribution in [3.63, 3.8) is 0 Å². The van der Waals surface area contributed by atoms with Crippen LogP contribution in [0.15, 0.2) is 59.9 Å². The molecule has 2 amide bonds. The van der Waals surface area contributed by atoms with E-state index in [4.69, 9.17) is 10.00 Å². The topological polar surface area (TPSA) is 94.5 Å². The van der Waals surface area contributed by atoms with E-state index < -0.39 is 23.8 Å². The van der Waals surface area contributed by atoms with Crippen molar-refractivity contribution in [2.24, 2.45) is 0 Å². The first-order valence-corrected chi connectivity index (χ1v) is 14.2. The highest BCUT2D eigenvalue weighted by Gasteiger charge is 2.32. The SMILES string of the molecule is CCN(C(C)C)C(C)C.CCOC1=C(C(NC(=O)Nc2cccc(C(F)(F)F)c2)c2ccc(C#N)cc2)C(=O)CCC1. The van der Waals surface area contributed by atoms with Gasteiger partial charge in [0.1, 0.15) is 5.76 Å². The van der Waals surface area contributed by atoms with Crippen LogP contribution in [0.2, 0.25) is 0 Å². The van der Waals surface area contributed by atoms with Gasteiger partial charge >= 0.3 is 12.2 Å². The van der Waals surface area contributed by atoms with Gasteiger partial charge in [0, 0.05) is 30.6 Å². The number of Topliss-reactive ketones (excluding diaryl/α,β-unsaturated/α-hetero) is 1. The minimum atomic E-state index is -4.55. The van der Waals surface area contributed by atoms with Crippen LogP contribution in [0.1, 0.15) is 83.5 Å². The van der Waals surface area contributed by atoms with Crippen molar-refractivity contribution in [1.29, 1.82) is 5.26 Å². The van der Waals surface area contributed by atoms with E-state index >= 15 is 0 Å². The zero-order chi connectivity index (χ0) is 31.4. The highest BCUT2D eigenvalue weighted by molar-refractivity contribution is 5.99. The molecule has 0 spiro atoms. The van der Waals surface area contributed by atoms with E-state index in [0.29, 0.717) is 54.0 Å². The van der Waals surface area contributed by atoms with Crippen molar-refractivity contribution in [2.45, 2.75) is 85.1 Å². The first kappa shape index (κ1) is 34.4. The number of nitriles is 1. The van der Waals surface area contributed by atoms with Crippen molar-refractivity contribution in [3.05, 3.63) is 76.6 Å². The van der Waals surface area contributed by atoms with Crippen LogP contribution in [0, 0.1) is 11.3 Å². The van der Waals surface area contributed by atoms with Crippen LogP contribution in [-0.2, 0) is 15.7 Å². The van der Waals surface area contributed by atoms with Crippen LogP contribution in [0.4, 0.5) is 23.7 Å². The number of carbonyl (C=O) groups is 2. The van der Waals surface area contributed by atoms with Crippen molar-refractivity contribution in [1.82, 2.24) is 10.2 Å². The lowest BCUT2D eigenvalue weighted by Gasteiger charge is -2.28. The summed E-state index contributed by atoms with van der Waals surface area (Å²) in [6.45, 7) is 14.5. The number of nitrogens with zero attached hydrogens (tertiary/aromatic N) is 2. The molecule has 0 aromatic heterocycles. The number of amides is 2. The molecule has 2 aromatic carbocycles. The number of rotatable bonds is 9. The van der Waals surface area contributed by atoms with Crippen LogP contribution in [0.25, 0.3) is 0 Å². The van der Waals surface area contributed by atoms with Crippen molar-refractivity contribution in [2.75, 3.05) is 18.5 Å². The van der Waals surface area contributed by atoms with Crippen LogP contribution in [-0.4, -0.2) is 41.9 Å². The van der Waals surface area contributed by atoms with Gasteiger partial charge in [0.05, 0.1) is 35.4 Å². The van der Waals surface area contributed by atoms with Gasteiger partial charge in [-0.25, -0.2) is 4.79 Å². The molecule has 0 aliphatic heterocycles. The minimum Gasteiger partial charge on any atom is -0.498 e. The number of carbonyl (C=O) groups excluding carboxylic acids is 2. The number of alkyl halides is 3. The highest BCUT2D eigenvalue weighted by Crippen LogP contribution is 2.34. The molecule has 42 heavy (non-hydrogen) atoms. The number of halogens is 3. The number of benzene rings is 2. The van der Waals surface area contributed by atoms with Crippen LogP contribution in [0.3, 0.4) is 0 Å². The Bertz CT molecular complexity index is 1260. The molecule has 228 valence electrons. The Hall–Kier alpha value is -3.84. The predicted molar refractivity (Wildman–Crippen MR) is 158 cm³/mol. The van der Waals surface area contributed by atoms with E-state index in [-0.39, 0.29) is 17.9 Å². The first-order chi connectivity index (χ1) is 19.8. The van der Waals surface area contributed by atoms with Crippen LogP contribution >= 0.6 is 0 Å². The lowest BCUT2D eigenvalue weighted by molar-refractivity contribution is -0.137. The third-order valence-corrected chi connectivity index (χ3v) is 6.80. The number of ketones is 1. The van der Waals surface area contributed by atoms with Crippen LogP contribution in [0.5, 0.6) is 0 Å². The Morgan fingerprint density at radius 2 is 1.69 bits per heavy atom. The predicted octanol–water partition coefficient (Wildman–Crippen LogP) is 7.61. The lowest BCUT2D eigenvalue weighted by atomic mass is 9.87. The summed E-state index contributed by atoms with van der Waals surface area (Å²) < 4.78 is 44.7. The summed E-state index contributed by atoms with van der Waals surface area (Å²) >= 11 is 0. The molecular formula is C32H41F3N4O3. The van der Waals surface area contributed by atoms with Gasteiger partial charge in [-0.3, -0.25) is 9.69 Å². The van der Waals surface area contributed by atoms with Crippen molar-refractivity contribution >= 4 is 17.5 Å². The van der Waals surface area contributed by atoms with E-state index in [1.807, 2.05) is 6.07 Å². The van der Waals surface area contributed by atoms with Gasteiger partial charge in [0.15, 0.2) is 5.78 Å². The number of ether oxygens (including phenoxy) is 1. The number of hydrogen-bond donors (Lipinski definition) is 2. The van der Waals surface area contributed by atoms with Crippen molar-refractivity contribution < 1.29 is 27.5 Å². The average Bonchev–Trinajstić information content (AvgIpc) is 2.92. The zero-order valence-corrected chi connectivity index (χ0v) is 25.1. The second-order valence-corrected chi connectivity index (χ2v) is 10.4. The highest BCUT2D eigenvalue weighted by atomic mass is 19.4. The number of allylic oxidation sites excluding steroid dienone is 1. The molecule has 2 aromatic rings. The molecule has 1 atom stereocenters. The Morgan fingerprint density at radius 3 is 2.19 bits per heavy atom. The molecule has 3 rings (SSSR count). The molecule has 0 heterocycles. The second-order valence-electron chi connectivity index (χ2n) is 10.4. The molecule has 1 aliphatic rings. The Morgan fingerprint density at radius 1 is 1.05 bits per heavy atom. The molecule has 10 heteroatoms. The molecule has 7 nitrogen and oxygen atoms in total. The molecule has 0 fully saturated rings. The maximum atomic E-state index is 13.0. The van der Waals surface area contributed by atoms with Crippen LogP contribution < -0.4 is 10.6 Å². The maximum absolute atomic E-state index is 13.0. The number of urea groups is 1. The van der Waals surface area contributed by atoms with Gasteiger partial charge in [-0.2, -0.15) is 18.4 Å². The van der Waals surface area contributed by atoms with Gasteiger partial charge in [0.2, 0.25) is 0 Å². The Kier molecular flexibility index (Phi) is 13.1. The molecule has 0 saturated heterocycles. The van der Waals surface area contributed by atoms with Gasteiger partial charge in [-0.15, -0.1) is 0 Å². The molecule has 0 bridgehead atoms. The fourth-order valence-electron chi connectivity index (χ4n) is 4.95. The largest absolute Gasteiger partial charge is 0.498 e. The van der Waals surface area contributed by atoms with Gasteiger partial charge in [-0.05, 0) is 83.5 Å². The minimum absolute atomic E-state index is 0.0464. The van der Waals surface area contributed by atoms with E-state index in [2.05, 4.69) is 50.2 Å². The fourth-order valence-corrected chi connectivity index (χ4v) is 4.95. The zero-order valence-electron chi connectivity index (χ0n) is 25.1. The first-order valence-electron chi connectivity index (χ1n) is 14.2. The fraction of sp³-hybridized carbons (Fsp3) is 0.469. The summed E-state index contributed by atoms with van der Waals surface area (Å²) in [5, 5.41) is 14.2. The molecule has 2 N–H and O–H groups in total. The van der Waals surface area contributed by atoms with E-state index in [0.717, 1.165) is 18.7 Å². The summed E-state index contributed by atoms with van der Waals surface area (Å²) in [6.07, 6.45) is -3.12. The monoisotopic (exact) mass is 586 g/mol. The van der Waals surface area contributed by atoms with Gasteiger partial charge in [0.25, 0.3) is 0 Å². The summed E-state index contributed by atoms with van der Waals surface area (Å²) in [5.41, 5.74) is 0.296.